The van der Waals surface area contributed by atoms with Crippen molar-refractivity contribution in [2.75, 3.05) is 64.4 Å². The average molecular weight is 652 g/mol. The molecular formula is C37H46FN9O. The summed E-state index contributed by atoms with van der Waals surface area (Å²) < 4.78 is 25.7. The van der Waals surface area contributed by atoms with Crippen molar-refractivity contribution in [1.29, 1.82) is 0 Å². The number of halogens is 1. The Balaban J connectivity index is 1.24. The fourth-order valence-corrected chi connectivity index (χ4v) is 8.33. The van der Waals surface area contributed by atoms with Gasteiger partial charge in [0.2, 0.25) is 0 Å². The Kier molecular flexibility index (Phi) is 8.60. The topological polar surface area (TPSA) is 80.4 Å². The van der Waals surface area contributed by atoms with Gasteiger partial charge in [0.25, 0.3) is 0 Å². The van der Waals surface area contributed by atoms with Gasteiger partial charge in [0, 0.05) is 75.2 Å². The van der Waals surface area contributed by atoms with Gasteiger partial charge in [0.05, 0.1) is 28.5 Å². The first-order valence-corrected chi connectivity index (χ1v) is 17.6. The average Bonchev–Trinajstić information content (AvgIpc) is 3.63. The maximum absolute atomic E-state index is 15.9. The third-order valence-electron chi connectivity index (χ3n) is 11.1. The Bertz CT molecular complexity index is 1880. The molecule has 8 rings (SSSR count). The fourth-order valence-electron chi connectivity index (χ4n) is 8.33. The molecule has 3 fully saturated rings. The van der Waals surface area contributed by atoms with Crippen LogP contribution in [-0.4, -0.2) is 105 Å². The number of piperazine rings is 1. The van der Waals surface area contributed by atoms with E-state index in [1.165, 1.54) is 25.9 Å². The van der Waals surface area contributed by atoms with Crippen LogP contribution in [0, 0.1) is 18.7 Å². The monoisotopic (exact) mass is 651 g/mol. The number of nitrogens with zero attached hydrogens (tertiary/aromatic N) is 9. The number of pyridine rings is 2. The molecule has 252 valence electrons. The lowest BCUT2D eigenvalue weighted by Gasteiger charge is -2.42. The molecule has 4 aromatic heterocycles. The molecule has 0 bridgehead atoms. The van der Waals surface area contributed by atoms with Crippen LogP contribution in [0.2, 0.25) is 0 Å². The van der Waals surface area contributed by atoms with Crippen molar-refractivity contribution in [1.82, 2.24) is 39.3 Å². The molecule has 0 spiro atoms. The van der Waals surface area contributed by atoms with Gasteiger partial charge in [-0.15, -0.1) is 5.10 Å². The number of aromatic nitrogens is 6. The van der Waals surface area contributed by atoms with Crippen molar-refractivity contribution in [3.05, 3.63) is 65.7 Å². The first-order valence-electron chi connectivity index (χ1n) is 17.6. The van der Waals surface area contributed by atoms with Crippen LogP contribution in [0.1, 0.15) is 49.4 Å². The van der Waals surface area contributed by atoms with Gasteiger partial charge in [-0.1, -0.05) is 23.4 Å². The molecule has 48 heavy (non-hydrogen) atoms. The van der Waals surface area contributed by atoms with Crippen molar-refractivity contribution in [3.63, 3.8) is 0 Å². The molecule has 11 heteroatoms. The molecule has 0 amide bonds. The van der Waals surface area contributed by atoms with Crippen LogP contribution in [-0.2, 0) is 11.8 Å². The summed E-state index contributed by atoms with van der Waals surface area (Å²) >= 11 is 0. The molecular weight excluding hydrogens is 605 g/mol. The number of ether oxygens (including phenoxy) is 1. The number of piperidine rings is 1. The molecule has 3 saturated heterocycles. The van der Waals surface area contributed by atoms with E-state index in [4.69, 9.17) is 14.7 Å². The van der Waals surface area contributed by atoms with Gasteiger partial charge in [-0.3, -0.25) is 9.88 Å². The Morgan fingerprint density at radius 2 is 1.71 bits per heavy atom. The minimum absolute atomic E-state index is 0.193. The molecule has 1 atom stereocenters. The minimum atomic E-state index is -0.263. The highest BCUT2D eigenvalue weighted by molar-refractivity contribution is 6.05. The molecule has 5 aromatic rings. The molecule has 1 unspecified atom stereocenters. The van der Waals surface area contributed by atoms with Gasteiger partial charge < -0.3 is 19.1 Å². The summed E-state index contributed by atoms with van der Waals surface area (Å²) in [6.45, 7) is 9.78. The number of rotatable bonds is 7. The second-order valence-electron chi connectivity index (χ2n) is 14.0. The predicted octanol–water partition coefficient (Wildman–Crippen LogP) is 5.45. The quantitative estimate of drug-likeness (QED) is 0.230. The van der Waals surface area contributed by atoms with Crippen LogP contribution in [0.25, 0.3) is 33.3 Å². The standard InChI is InChI=1S/C37H46FN9O/c1-25-36(44(3)42-41-25)27-23-33-35(39-24-27)30-8-9-34(46-18-16-45(17-19-46)28-10-14-43(2)15-11-28)40-37(30)47(33)32(22-26-12-20-48-21-13-26)29-6-4-5-7-31(29)38/h4-9,23-24,26,28,32H,10-22H2,1-3H3. The van der Waals surface area contributed by atoms with E-state index in [0.29, 0.717) is 17.5 Å². The zero-order valence-electron chi connectivity index (χ0n) is 28.4. The van der Waals surface area contributed by atoms with Crippen molar-refractivity contribution in [2.24, 2.45) is 13.0 Å². The number of anilines is 1. The zero-order chi connectivity index (χ0) is 32.8. The summed E-state index contributed by atoms with van der Waals surface area (Å²) in [6, 6.07) is 14.2. The predicted molar refractivity (Wildman–Crippen MR) is 187 cm³/mol. The zero-order valence-corrected chi connectivity index (χ0v) is 28.4. The van der Waals surface area contributed by atoms with Gasteiger partial charge in [-0.25, -0.2) is 14.1 Å². The molecule has 0 N–H and O–H groups in total. The summed E-state index contributed by atoms with van der Waals surface area (Å²) in [5.41, 5.74) is 6.05. The van der Waals surface area contributed by atoms with E-state index in [1.54, 1.807) is 16.8 Å². The summed E-state index contributed by atoms with van der Waals surface area (Å²) in [5.74, 6) is 1.19. The van der Waals surface area contributed by atoms with E-state index < -0.39 is 0 Å². The van der Waals surface area contributed by atoms with Crippen molar-refractivity contribution in [2.45, 2.75) is 51.1 Å². The Labute approximate surface area is 281 Å². The lowest BCUT2D eigenvalue weighted by molar-refractivity contribution is 0.0608. The molecule has 0 radical (unpaired) electrons. The van der Waals surface area contributed by atoms with Crippen LogP contribution < -0.4 is 4.90 Å². The van der Waals surface area contributed by atoms with E-state index >= 15 is 4.39 Å². The van der Waals surface area contributed by atoms with Crippen LogP contribution in [0.3, 0.4) is 0 Å². The maximum atomic E-state index is 15.9. The summed E-state index contributed by atoms with van der Waals surface area (Å²) in [6.07, 6.45) is 7.12. The number of likely N-dealkylation sites (tertiary alicyclic amines) is 1. The van der Waals surface area contributed by atoms with Crippen molar-refractivity contribution >= 4 is 27.9 Å². The number of fused-ring (bicyclic) bond motifs is 3. The largest absolute Gasteiger partial charge is 0.381 e. The molecule has 3 aliphatic rings. The highest BCUT2D eigenvalue weighted by atomic mass is 19.1. The number of hydrogen-bond acceptors (Lipinski definition) is 8. The number of benzene rings is 1. The Morgan fingerprint density at radius 3 is 2.44 bits per heavy atom. The Morgan fingerprint density at radius 1 is 0.938 bits per heavy atom. The van der Waals surface area contributed by atoms with Gasteiger partial charge in [-0.2, -0.15) is 0 Å². The smallest absolute Gasteiger partial charge is 0.145 e. The number of hydrogen-bond donors (Lipinski definition) is 0. The first-order chi connectivity index (χ1) is 23.4. The summed E-state index contributed by atoms with van der Waals surface area (Å²) in [5, 5.41) is 9.55. The van der Waals surface area contributed by atoms with Crippen molar-refractivity contribution < 1.29 is 9.13 Å². The minimum Gasteiger partial charge on any atom is -0.381 e. The van der Waals surface area contributed by atoms with Crippen LogP contribution in [0.15, 0.2) is 48.7 Å². The third kappa shape index (κ3) is 5.86. The number of aryl methyl sites for hydroxylation is 2. The van der Waals surface area contributed by atoms with Crippen LogP contribution in [0.4, 0.5) is 10.2 Å². The van der Waals surface area contributed by atoms with Gasteiger partial charge in [0.15, 0.2) is 0 Å². The van der Waals surface area contributed by atoms with E-state index in [1.807, 2.05) is 32.3 Å². The molecule has 0 saturated carbocycles. The Hall–Kier alpha value is -3.93. The highest BCUT2D eigenvalue weighted by Crippen LogP contribution is 2.40. The lowest BCUT2D eigenvalue weighted by atomic mass is 9.89. The van der Waals surface area contributed by atoms with Crippen LogP contribution in [0.5, 0.6) is 0 Å². The van der Waals surface area contributed by atoms with E-state index in [9.17, 15) is 0 Å². The van der Waals surface area contributed by atoms with Crippen molar-refractivity contribution in [3.8, 4) is 11.3 Å². The SMILES string of the molecule is Cc1nnn(C)c1-c1cnc2c3ccc(N4CCN(C5CCN(C)CC5)CC4)nc3n(C(CC3CCOCC3)c3ccccc3F)c2c1. The molecule has 0 aliphatic carbocycles. The summed E-state index contributed by atoms with van der Waals surface area (Å²) in [7, 11) is 4.13. The van der Waals surface area contributed by atoms with Gasteiger partial charge in [0.1, 0.15) is 17.3 Å². The van der Waals surface area contributed by atoms with E-state index in [0.717, 1.165) is 103 Å². The van der Waals surface area contributed by atoms with Crippen LogP contribution >= 0.6 is 0 Å². The second-order valence-corrected chi connectivity index (χ2v) is 14.0. The maximum Gasteiger partial charge on any atom is 0.145 e. The second kappa shape index (κ2) is 13.2. The highest BCUT2D eigenvalue weighted by Gasteiger charge is 2.30. The summed E-state index contributed by atoms with van der Waals surface area (Å²) in [4.78, 5) is 18.0. The molecule has 1 aromatic carbocycles. The lowest BCUT2D eigenvalue weighted by Crippen LogP contribution is -2.53. The van der Waals surface area contributed by atoms with Gasteiger partial charge >= 0.3 is 0 Å². The third-order valence-corrected chi connectivity index (χ3v) is 11.1. The molecule has 10 nitrogen and oxygen atoms in total. The normalized spacial score (nSPS) is 19.9. The first kappa shape index (κ1) is 31.3. The fraction of sp³-hybridized carbons (Fsp3) is 0.514. The van der Waals surface area contributed by atoms with E-state index in [-0.39, 0.29) is 11.9 Å². The van der Waals surface area contributed by atoms with Gasteiger partial charge in [-0.05, 0) is 89.3 Å². The molecule has 7 heterocycles. The van der Waals surface area contributed by atoms with E-state index in [2.05, 4.69) is 54.8 Å². The molecule has 3 aliphatic heterocycles.